The Morgan fingerprint density at radius 2 is 2.25 bits per heavy atom. The van der Waals surface area contributed by atoms with E-state index in [-0.39, 0.29) is 0 Å². The van der Waals surface area contributed by atoms with Crippen molar-refractivity contribution in [3.8, 4) is 0 Å². The topological polar surface area (TPSA) is 0 Å². The van der Waals surface area contributed by atoms with Crippen LogP contribution in [0.5, 0.6) is 0 Å². The Kier molecular flexibility index (Phi) is 5.51. The summed E-state index contributed by atoms with van der Waals surface area (Å²) in [6, 6.07) is 0. The van der Waals surface area contributed by atoms with Crippen LogP contribution in [0.1, 0.15) is 33.1 Å². The molecule has 0 rings (SSSR count). The van der Waals surface area contributed by atoms with E-state index < -0.39 is 0 Å². The summed E-state index contributed by atoms with van der Waals surface area (Å²) >= 11 is 3.37. The van der Waals surface area contributed by atoms with Gasteiger partial charge in [-0.1, -0.05) is 41.8 Å². The fourth-order valence-corrected chi connectivity index (χ4v) is 0.734. The van der Waals surface area contributed by atoms with Crippen molar-refractivity contribution in [3.05, 3.63) is 10.6 Å². The Balaban J connectivity index is 3.03. The zero-order valence-electron chi connectivity index (χ0n) is 5.58. The van der Waals surface area contributed by atoms with Gasteiger partial charge in [-0.3, -0.25) is 0 Å². The smallest absolute Gasteiger partial charge is 0.0120 e. The minimum absolute atomic E-state index is 1.22. The molecular weight excluding hydrogens is 164 g/mol. The molecule has 0 radical (unpaired) electrons. The molecule has 0 aromatic rings. The van der Waals surface area contributed by atoms with Crippen LogP contribution in [0, 0.1) is 0 Å². The van der Waals surface area contributed by atoms with Crippen LogP contribution in [-0.2, 0) is 0 Å². The van der Waals surface area contributed by atoms with E-state index in [1.54, 1.807) is 0 Å². The number of unbranched alkanes of at least 4 members (excludes halogenated alkanes) is 2. The van der Waals surface area contributed by atoms with Gasteiger partial charge in [-0.05, 0) is 17.8 Å². The van der Waals surface area contributed by atoms with E-state index in [2.05, 4.69) is 35.9 Å². The van der Waals surface area contributed by atoms with Crippen molar-refractivity contribution in [1.82, 2.24) is 0 Å². The van der Waals surface area contributed by atoms with E-state index in [9.17, 15) is 0 Å². The van der Waals surface area contributed by atoms with Gasteiger partial charge < -0.3 is 0 Å². The van der Waals surface area contributed by atoms with Gasteiger partial charge in [-0.25, -0.2) is 0 Å². The highest BCUT2D eigenvalue weighted by Crippen LogP contribution is 2.05. The maximum absolute atomic E-state index is 3.37. The number of halogens is 1. The van der Waals surface area contributed by atoms with E-state index >= 15 is 0 Å². The molecule has 0 atom stereocenters. The van der Waals surface area contributed by atoms with E-state index in [1.165, 1.54) is 23.7 Å². The van der Waals surface area contributed by atoms with Crippen molar-refractivity contribution in [2.75, 3.05) is 0 Å². The van der Waals surface area contributed by atoms with Crippen LogP contribution in [0.15, 0.2) is 10.6 Å². The molecular formula is C7H13Br. The second kappa shape index (κ2) is 5.36. The Labute approximate surface area is 60.1 Å². The Hall–Kier alpha value is 0.220. The Morgan fingerprint density at radius 3 is 2.62 bits per heavy atom. The lowest BCUT2D eigenvalue weighted by atomic mass is 10.2. The van der Waals surface area contributed by atoms with Crippen molar-refractivity contribution in [2.45, 2.75) is 33.1 Å². The van der Waals surface area contributed by atoms with Crippen molar-refractivity contribution in [2.24, 2.45) is 0 Å². The minimum atomic E-state index is 1.22. The van der Waals surface area contributed by atoms with Crippen LogP contribution in [0.4, 0.5) is 0 Å². The fourth-order valence-electron chi connectivity index (χ4n) is 0.505. The van der Waals surface area contributed by atoms with Gasteiger partial charge in [0.15, 0.2) is 0 Å². The molecule has 0 N–H and O–H groups in total. The predicted octanol–water partition coefficient (Wildman–Crippen LogP) is 3.48. The molecule has 8 heavy (non-hydrogen) atoms. The highest BCUT2D eigenvalue weighted by atomic mass is 79.9. The number of rotatable bonds is 3. The van der Waals surface area contributed by atoms with Gasteiger partial charge in [-0.15, -0.1) is 0 Å². The number of hydrogen-bond donors (Lipinski definition) is 0. The van der Waals surface area contributed by atoms with E-state index in [4.69, 9.17) is 0 Å². The molecule has 0 aliphatic rings. The minimum Gasteiger partial charge on any atom is -0.0747 e. The fraction of sp³-hybridized carbons (Fsp3) is 0.714. The molecule has 0 saturated heterocycles. The third-order valence-electron chi connectivity index (χ3n) is 0.983. The van der Waals surface area contributed by atoms with Crippen LogP contribution in [-0.4, -0.2) is 0 Å². The summed E-state index contributed by atoms with van der Waals surface area (Å²) in [5.74, 6) is 0. The molecule has 0 unspecified atom stereocenters. The van der Waals surface area contributed by atoms with Crippen LogP contribution < -0.4 is 0 Å². The Morgan fingerprint density at radius 1 is 1.62 bits per heavy atom. The lowest BCUT2D eigenvalue weighted by Gasteiger charge is -1.87. The standard InChI is InChI=1S/C7H13Br/c1-3-4-5-6-7(2)8/h6H,3-5H2,1-2H3. The third-order valence-corrected chi connectivity index (χ3v) is 1.31. The molecule has 0 bridgehead atoms. The van der Waals surface area contributed by atoms with Gasteiger partial charge in [0.25, 0.3) is 0 Å². The van der Waals surface area contributed by atoms with Crippen molar-refractivity contribution in [3.63, 3.8) is 0 Å². The molecule has 0 spiro atoms. The normalized spacial score (nSPS) is 12.1. The largest absolute Gasteiger partial charge is 0.0747 e. The average molecular weight is 177 g/mol. The summed E-state index contributed by atoms with van der Waals surface area (Å²) in [5, 5.41) is 0. The van der Waals surface area contributed by atoms with E-state index in [1.807, 2.05) is 0 Å². The van der Waals surface area contributed by atoms with Gasteiger partial charge in [0.1, 0.15) is 0 Å². The highest BCUT2D eigenvalue weighted by Gasteiger charge is 1.79. The average Bonchev–Trinajstić information content (AvgIpc) is 1.66. The first kappa shape index (κ1) is 8.22. The van der Waals surface area contributed by atoms with Gasteiger partial charge in [0, 0.05) is 0 Å². The quantitative estimate of drug-likeness (QED) is 0.579. The van der Waals surface area contributed by atoms with Crippen LogP contribution in [0.2, 0.25) is 0 Å². The monoisotopic (exact) mass is 176 g/mol. The van der Waals surface area contributed by atoms with Gasteiger partial charge >= 0.3 is 0 Å². The second-order valence-electron chi connectivity index (χ2n) is 1.93. The molecule has 0 aromatic heterocycles. The maximum Gasteiger partial charge on any atom is -0.0120 e. The zero-order valence-corrected chi connectivity index (χ0v) is 7.16. The lowest BCUT2D eigenvalue weighted by molar-refractivity contribution is 0.813. The number of hydrogen-bond acceptors (Lipinski definition) is 0. The van der Waals surface area contributed by atoms with Gasteiger partial charge in [-0.2, -0.15) is 0 Å². The number of allylic oxidation sites excluding steroid dienone is 2. The van der Waals surface area contributed by atoms with E-state index in [0.29, 0.717) is 0 Å². The molecule has 0 saturated carbocycles. The summed E-state index contributed by atoms with van der Waals surface area (Å²) in [5.41, 5.74) is 0. The summed E-state index contributed by atoms with van der Waals surface area (Å²) < 4.78 is 1.26. The van der Waals surface area contributed by atoms with Crippen molar-refractivity contribution < 1.29 is 0 Å². The van der Waals surface area contributed by atoms with Crippen LogP contribution >= 0.6 is 15.9 Å². The SMILES string of the molecule is CCCCC=C(C)Br. The van der Waals surface area contributed by atoms with Crippen LogP contribution in [0.25, 0.3) is 0 Å². The Bertz CT molecular complexity index is 70.5. The van der Waals surface area contributed by atoms with Gasteiger partial charge in [0.2, 0.25) is 0 Å². The molecule has 0 aromatic carbocycles. The van der Waals surface area contributed by atoms with E-state index in [0.717, 1.165) is 0 Å². The van der Waals surface area contributed by atoms with Crippen molar-refractivity contribution >= 4 is 15.9 Å². The third kappa shape index (κ3) is 6.22. The molecule has 0 amide bonds. The summed E-state index contributed by atoms with van der Waals surface area (Å²) in [6.07, 6.45) is 6.02. The summed E-state index contributed by atoms with van der Waals surface area (Å²) in [7, 11) is 0. The van der Waals surface area contributed by atoms with Gasteiger partial charge in [0.05, 0.1) is 0 Å². The first-order chi connectivity index (χ1) is 3.77. The van der Waals surface area contributed by atoms with Crippen LogP contribution in [0.3, 0.4) is 0 Å². The maximum atomic E-state index is 3.37. The molecule has 0 aliphatic carbocycles. The second-order valence-corrected chi connectivity index (χ2v) is 3.18. The molecule has 0 fully saturated rings. The predicted molar refractivity (Wildman–Crippen MR) is 42.2 cm³/mol. The summed E-state index contributed by atoms with van der Waals surface area (Å²) in [6.45, 7) is 4.27. The molecule has 1 heteroatoms. The summed E-state index contributed by atoms with van der Waals surface area (Å²) in [4.78, 5) is 0. The molecule has 0 heterocycles. The lowest BCUT2D eigenvalue weighted by Crippen LogP contribution is -1.66. The highest BCUT2D eigenvalue weighted by molar-refractivity contribution is 9.11. The first-order valence-corrected chi connectivity index (χ1v) is 3.89. The molecule has 0 nitrogen and oxygen atoms in total. The first-order valence-electron chi connectivity index (χ1n) is 3.09. The van der Waals surface area contributed by atoms with Crippen molar-refractivity contribution in [1.29, 1.82) is 0 Å². The molecule has 0 aliphatic heterocycles. The zero-order chi connectivity index (χ0) is 6.41. The molecule has 48 valence electrons.